The van der Waals surface area contributed by atoms with Crippen LogP contribution < -0.4 is 10.9 Å². The topological polar surface area (TPSA) is 125 Å². The first kappa shape index (κ1) is 24.3. The minimum absolute atomic E-state index is 0.0207. The number of para-hydroxylation sites is 2. The summed E-state index contributed by atoms with van der Waals surface area (Å²) in [5.74, 6) is -0.618. The van der Waals surface area contributed by atoms with Crippen molar-refractivity contribution >= 4 is 27.3 Å². The molecule has 0 aliphatic carbocycles. The molecule has 3 aromatic carbocycles. The van der Waals surface area contributed by atoms with Crippen LogP contribution in [0.2, 0.25) is 0 Å². The van der Waals surface area contributed by atoms with E-state index in [1.165, 1.54) is 52.3 Å². The minimum atomic E-state index is -3.78. The highest BCUT2D eigenvalue weighted by atomic mass is 32.2. The Morgan fingerprint density at radius 2 is 1.60 bits per heavy atom. The Kier molecular flexibility index (Phi) is 7.39. The van der Waals surface area contributed by atoms with Crippen molar-refractivity contribution in [2.75, 3.05) is 31.6 Å². The van der Waals surface area contributed by atoms with Crippen molar-refractivity contribution in [3.05, 3.63) is 100 Å². The molecule has 10 nitrogen and oxygen atoms in total. The highest BCUT2D eigenvalue weighted by Crippen LogP contribution is 2.23. The number of benzene rings is 3. The van der Waals surface area contributed by atoms with Gasteiger partial charge in [0.05, 0.1) is 9.82 Å². The third-order valence-corrected chi connectivity index (χ3v) is 7.62. The summed E-state index contributed by atoms with van der Waals surface area (Å²) in [6.45, 7) is 2.68. The van der Waals surface area contributed by atoms with Crippen LogP contribution in [0, 0.1) is 10.1 Å². The summed E-state index contributed by atoms with van der Waals surface area (Å²) in [5, 5.41) is 11.1. The predicted molar refractivity (Wildman–Crippen MR) is 131 cm³/mol. The Morgan fingerprint density at radius 3 is 2.31 bits per heavy atom. The number of nitro groups is 1. The van der Waals surface area contributed by atoms with Crippen molar-refractivity contribution in [1.29, 1.82) is 0 Å². The lowest BCUT2D eigenvalue weighted by atomic mass is 10.2. The fraction of sp³-hybridized carbons (Fsp3) is 0.208. The Hall–Kier alpha value is -3.80. The number of hydrogen-bond donors (Lipinski definition) is 2. The van der Waals surface area contributed by atoms with Crippen molar-refractivity contribution in [3.63, 3.8) is 0 Å². The number of carbonyl (C=O) groups is 1. The Labute approximate surface area is 203 Å². The third-order valence-electron chi connectivity index (χ3n) is 5.73. The van der Waals surface area contributed by atoms with Crippen LogP contribution in [0.3, 0.4) is 0 Å². The molecule has 35 heavy (non-hydrogen) atoms. The zero-order valence-electron chi connectivity index (χ0n) is 18.8. The first-order valence-corrected chi connectivity index (χ1v) is 12.4. The van der Waals surface area contributed by atoms with E-state index in [4.69, 9.17) is 0 Å². The number of sulfonamides is 1. The summed E-state index contributed by atoms with van der Waals surface area (Å²) < 4.78 is 27.8. The largest absolute Gasteiger partial charge is 0.296 e. The molecule has 1 aliphatic rings. The van der Waals surface area contributed by atoms with E-state index in [0.717, 1.165) is 6.54 Å². The summed E-state index contributed by atoms with van der Waals surface area (Å²) in [6, 6.07) is 21.6. The molecule has 1 aliphatic heterocycles. The molecule has 3 aromatic rings. The molecule has 2 N–H and O–H groups in total. The summed E-state index contributed by atoms with van der Waals surface area (Å²) in [6.07, 6.45) is 0. The van der Waals surface area contributed by atoms with Crippen molar-refractivity contribution in [2.24, 2.45) is 0 Å². The quantitative estimate of drug-likeness (QED) is 0.364. The summed E-state index contributed by atoms with van der Waals surface area (Å²) in [7, 11) is -3.78. The van der Waals surface area contributed by atoms with Crippen LogP contribution in [0.15, 0.2) is 83.8 Å². The third kappa shape index (κ3) is 5.83. The minimum Gasteiger partial charge on any atom is -0.296 e. The average Bonchev–Trinajstić information content (AvgIpc) is 2.88. The van der Waals surface area contributed by atoms with Crippen molar-refractivity contribution in [1.82, 2.24) is 14.6 Å². The lowest BCUT2D eigenvalue weighted by Crippen LogP contribution is -2.48. The smallest absolute Gasteiger partial charge is 0.294 e. The summed E-state index contributed by atoms with van der Waals surface area (Å²) in [4.78, 5) is 25.4. The van der Waals surface area contributed by atoms with Gasteiger partial charge in [-0.05, 0) is 29.8 Å². The molecular formula is C24H25N5O5S. The van der Waals surface area contributed by atoms with Gasteiger partial charge in [-0.3, -0.25) is 30.7 Å². The number of amides is 1. The molecule has 4 rings (SSSR count). The fourth-order valence-corrected chi connectivity index (χ4v) is 5.32. The Balaban J connectivity index is 1.39. The molecule has 0 bridgehead atoms. The van der Waals surface area contributed by atoms with E-state index in [9.17, 15) is 23.3 Å². The van der Waals surface area contributed by atoms with E-state index in [0.29, 0.717) is 26.2 Å². The van der Waals surface area contributed by atoms with Crippen LogP contribution in [-0.2, 0) is 16.6 Å². The predicted octanol–water partition coefficient (Wildman–Crippen LogP) is 2.86. The number of nitrogens with one attached hydrogen (secondary N) is 2. The lowest BCUT2D eigenvalue weighted by molar-refractivity contribution is -0.384. The highest BCUT2D eigenvalue weighted by molar-refractivity contribution is 7.89. The molecule has 0 aromatic heterocycles. The van der Waals surface area contributed by atoms with Gasteiger partial charge in [0.2, 0.25) is 10.0 Å². The average molecular weight is 496 g/mol. The lowest BCUT2D eigenvalue weighted by Gasteiger charge is -2.34. The van der Waals surface area contributed by atoms with Crippen LogP contribution in [0.1, 0.15) is 15.9 Å². The number of carbonyl (C=O) groups excluding carboxylic acids is 1. The van der Waals surface area contributed by atoms with Gasteiger partial charge in [0.15, 0.2) is 0 Å². The standard InChI is InChI=1S/C24H25N5O5S/c30-24(26-25-22-11-4-5-12-23(22)29(31)32)20-9-6-10-21(17-20)35(33,34)28-15-13-27(14-16-28)18-19-7-2-1-3-8-19/h1-12,17,25H,13-16,18H2,(H,26,30). The second-order valence-electron chi connectivity index (χ2n) is 8.05. The zero-order valence-corrected chi connectivity index (χ0v) is 19.6. The van der Waals surface area contributed by atoms with Gasteiger partial charge in [0.1, 0.15) is 5.69 Å². The molecule has 11 heteroatoms. The van der Waals surface area contributed by atoms with Crippen molar-refractivity contribution in [3.8, 4) is 0 Å². The van der Waals surface area contributed by atoms with E-state index >= 15 is 0 Å². The maximum absolute atomic E-state index is 13.2. The molecule has 1 amide bonds. The van der Waals surface area contributed by atoms with Crippen LogP contribution in [0.25, 0.3) is 0 Å². The molecule has 0 radical (unpaired) electrons. The van der Waals surface area contributed by atoms with Gasteiger partial charge in [-0.15, -0.1) is 0 Å². The number of hydrogen-bond acceptors (Lipinski definition) is 7. The molecule has 0 unspecified atom stereocenters. The molecule has 0 saturated carbocycles. The van der Waals surface area contributed by atoms with Gasteiger partial charge < -0.3 is 0 Å². The van der Waals surface area contributed by atoms with Gasteiger partial charge in [-0.2, -0.15) is 4.31 Å². The second-order valence-corrected chi connectivity index (χ2v) is 9.98. The number of nitro benzene ring substituents is 1. The van der Waals surface area contributed by atoms with Crippen LogP contribution in [0.4, 0.5) is 11.4 Å². The molecule has 1 fully saturated rings. The highest BCUT2D eigenvalue weighted by Gasteiger charge is 2.29. The van der Waals surface area contributed by atoms with Gasteiger partial charge >= 0.3 is 0 Å². The van der Waals surface area contributed by atoms with Crippen LogP contribution in [0.5, 0.6) is 0 Å². The van der Waals surface area contributed by atoms with Crippen LogP contribution >= 0.6 is 0 Å². The Morgan fingerprint density at radius 1 is 0.914 bits per heavy atom. The molecule has 0 atom stereocenters. The van der Waals surface area contributed by atoms with Crippen molar-refractivity contribution < 1.29 is 18.1 Å². The van der Waals surface area contributed by atoms with E-state index in [2.05, 4.69) is 15.8 Å². The fourth-order valence-electron chi connectivity index (χ4n) is 3.85. The Bertz CT molecular complexity index is 1310. The van der Waals surface area contributed by atoms with E-state index in [1.807, 2.05) is 30.3 Å². The molecule has 182 valence electrons. The van der Waals surface area contributed by atoms with E-state index in [1.54, 1.807) is 6.07 Å². The zero-order chi connectivity index (χ0) is 24.8. The number of hydrazine groups is 1. The second kappa shape index (κ2) is 10.6. The van der Waals surface area contributed by atoms with Gasteiger partial charge in [-0.1, -0.05) is 48.5 Å². The van der Waals surface area contributed by atoms with Crippen molar-refractivity contribution in [2.45, 2.75) is 11.4 Å². The molecular weight excluding hydrogens is 470 g/mol. The molecule has 1 saturated heterocycles. The normalized spacial score (nSPS) is 14.9. The van der Waals surface area contributed by atoms with Gasteiger partial charge in [0.25, 0.3) is 11.6 Å². The summed E-state index contributed by atoms with van der Waals surface area (Å²) in [5.41, 5.74) is 6.13. The first-order valence-electron chi connectivity index (χ1n) is 11.0. The SMILES string of the molecule is O=C(NNc1ccccc1[N+](=O)[O-])c1cccc(S(=O)(=O)N2CCN(Cc3ccccc3)CC2)c1. The monoisotopic (exact) mass is 495 g/mol. The number of nitrogens with zero attached hydrogens (tertiary/aromatic N) is 3. The number of rotatable bonds is 8. The van der Waals surface area contributed by atoms with Crippen LogP contribution in [-0.4, -0.2) is 54.6 Å². The number of anilines is 1. The van der Waals surface area contributed by atoms with Gasteiger partial charge in [-0.25, -0.2) is 8.42 Å². The molecule has 0 spiro atoms. The van der Waals surface area contributed by atoms with E-state index in [-0.39, 0.29) is 21.8 Å². The summed E-state index contributed by atoms with van der Waals surface area (Å²) >= 11 is 0. The van der Waals surface area contributed by atoms with Gasteiger partial charge in [0, 0.05) is 44.4 Å². The maximum Gasteiger partial charge on any atom is 0.294 e. The number of piperazine rings is 1. The molecule has 1 heterocycles. The van der Waals surface area contributed by atoms with E-state index < -0.39 is 20.9 Å². The first-order chi connectivity index (χ1) is 16.8. The maximum atomic E-state index is 13.2.